The largest absolute Gasteiger partial charge is 0.490 e. The van der Waals surface area contributed by atoms with Gasteiger partial charge in [-0.2, -0.15) is 18.3 Å². The molecule has 1 aliphatic rings. The molecule has 188 valence electrons. The van der Waals surface area contributed by atoms with E-state index in [9.17, 15) is 18.0 Å². The first-order valence-corrected chi connectivity index (χ1v) is 11.4. The second-order valence-electron chi connectivity index (χ2n) is 8.31. The lowest BCUT2D eigenvalue weighted by molar-refractivity contribution is -0.192. The van der Waals surface area contributed by atoms with Crippen molar-refractivity contribution in [1.29, 1.82) is 0 Å². The first-order chi connectivity index (χ1) is 17.3. The number of rotatable bonds is 5. The SMILES string of the molecule is O=C(NCc1ccccn1)c1cc(-c2ccnn2C2CCCC2)n2ccccc12.O=C(O)C(F)(F)F. The average molecular weight is 499 g/mol. The zero-order valence-corrected chi connectivity index (χ0v) is 19.2. The predicted octanol–water partition coefficient (Wildman–Crippen LogP) is 4.88. The Morgan fingerprint density at radius 3 is 2.42 bits per heavy atom. The van der Waals surface area contributed by atoms with Crippen LogP contribution in [0.1, 0.15) is 47.8 Å². The summed E-state index contributed by atoms with van der Waals surface area (Å²) in [4.78, 5) is 26.2. The molecule has 1 amide bonds. The normalized spacial score (nSPS) is 13.9. The third-order valence-electron chi connectivity index (χ3n) is 5.92. The van der Waals surface area contributed by atoms with Crippen LogP contribution in [-0.4, -0.2) is 42.3 Å². The minimum absolute atomic E-state index is 0.0995. The predicted molar refractivity (Wildman–Crippen MR) is 125 cm³/mol. The van der Waals surface area contributed by atoms with Gasteiger partial charge in [0.2, 0.25) is 0 Å². The van der Waals surface area contributed by atoms with E-state index in [4.69, 9.17) is 9.90 Å². The molecule has 4 aromatic rings. The highest BCUT2D eigenvalue weighted by Gasteiger charge is 2.38. The van der Waals surface area contributed by atoms with E-state index in [0.29, 0.717) is 18.2 Å². The Morgan fingerprint density at radius 2 is 1.75 bits per heavy atom. The summed E-state index contributed by atoms with van der Waals surface area (Å²) in [5.41, 5.74) is 4.44. The fraction of sp³-hybridized carbons (Fsp3) is 0.280. The lowest BCUT2D eigenvalue weighted by Gasteiger charge is -2.14. The average Bonchev–Trinajstić information content (AvgIpc) is 3.62. The van der Waals surface area contributed by atoms with Gasteiger partial charge in [0.05, 0.1) is 40.7 Å². The topological polar surface area (TPSA) is 102 Å². The minimum atomic E-state index is -5.08. The number of pyridine rings is 2. The Morgan fingerprint density at radius 1 is 1.03 bits per heavy atom. The third kappa shape index (κ3) is 5.56. The van der Waals surface area contributed by atoms with E-state index in [1.54, 1.807) is 6.20 Å². The van der Waals surface area contributed by atoms with Crippen molar-refractivity contribution in [2.75, 3.05) is 0 Å². The fourth-order valence-electron chi connectivity index (χ4n) is 4.26. The van der Waals surface area contributed by atoms with Crippen LogP contribution in [0.25, 0.3) is 16.9 Å². The van der Waals surface area contributed by atoms with Gasteiger partial charge in [-0.05, 0) is 49.2 Å². The maximum Gasteiger partial charge on any atom is 0.490 e. The Balaban J connectivity index is 0.000000384. The molecule has 0 bridgehead atoms. The zero-order chi connectivity index (χ0) is 25.7. The van der Waals surface area contributed by atoms with Crippen molar-refractivity contribution in [2.45, 2.75) is 44.4 Å². The number of amides is 1. The lowest BCUT2D eigenvalue weighted by atomic mass is 10.2. The number of carboxylic acid groups (broad SMARTS) is 1. The maximum absolute atomic E-state index is 13.0. The van der Waals surface area contributed by atoms with Crippen LogP contribution in [0.3, 0.4) is 0 Å². The number of carbonyl (C=O) groups is 2. The van der Waals surface area contributed by atoms with Gasteiger partial charge in [0.15, 0.2) is 0 Å². The van der Waals surface area contributed by atoms with Gasteiger partial charge >= 0.3 is 12.1 Å². The summed E-state index contributed by atoms with van der Waals surface area (Å²) in [7, 11) is 0. The van der Waals surface area contributed by atoms with Crippen molar-refractivity contribution in [2.24, 2.45) is 0 Å². The monoisotopic (exact) mass is 499 g/mol. The van der Waals surface area contributed by atoms with Crippen LogP contribution < -0.4 is 5.32 Å². The van der Waals surface area contributed by atoms with E-state index in [2.05, 4.69) is 24.5 Å². The molecule has 11 heteroatoms. The molecular formula is C25H24F3N5O3. The first-order valence-electron chi connectivity index (χ1n) is 11.4. The van der Waals surface area contributed by atoms with Crippen molar-refractivity contribution in [1.82, 2.24) is 24.5 Å². The van der Waals surface area contributed by atoms with Crippen molar-refractivity contribution >= 4 is 17.4 Å². The Hall–Kier alpha value is -4.15. The summed E-state index contributed by atoms with van der Waals surface area (Å²) in [6, 6.07) is 16.1. The van der Waals surface area contributed by atoms with E-state index in [1.165, 1.54) is 12.8 Å². The molecule has 2 N–H and O–H groups in total. The number of fused-ring (bicyclic) bond motifs is 1. The molecule has 4 heterocycles. The number of carbonyl (C=O) groups excluding carboxylic acids is 1. The van der Waals surface area contributed by atoms with Gasteiger partial charge in [-0.1, -0.05) is 25.0 Å². The number of halogens is 3. The molecule has 4 aromatic heterocycles. The summed E-state index contributed by atoms with van der Waals surface area (Å²) in [6.07, 6.45) is 5.34. The van der Waals surface area contributed by atoms with Crippen molar-refractivity contribution in [3.63, 3.8) is 0 Å². The molecule has 8 nitrogen and oxygen atoms in total. The molecule has 1 aliphatic carbocycles. The maximum atomic E-state index is 13.0. The molecule has 36 heavy (non-hydrogen) atoms. The molecule has 0 atom stereocenters. The van der Waals surface area contributed by atoms with E-state index in [1.807, 2.05) is 60.9 Å². The number of hydrogen-bond acceptors (Lipinski definition) is 4. The molecule has 0 radical (unpaired) electrons. The molecule has 0 saturated heterocycles. The first kappa shape index (κ1) is 25.0. The number of aliphatic carboxylic acids is 1. The highest BCUT2D eigenvalue weighted by Crippen LogP contribution is 2.34. The van der Waals surface area contributed by atoms with Crippen LogP contribution in [0.2, 0.25) is 0 Å². The van der Waals surface area contributed by atoms with Crippen LogP contribution in [0, 0.1) is 0 Å². The van der Waals surface area contributed by atoms with Crippen molar-refractivity contribution < 1.29 is 27.9 Å². The van der Waals surface area contributed by atoms with Gasteiger partial charge in [0, 0.05) is 18.6 Å². The highest BCUT2D eigenvalue weighted by molar-refractivity contribution is 6.02. The van der Waals surface area contributed by atoms with E-state index >= 15 is 0 Å². The summed E-state index contributed by atoms with van der Waals surface area (Å²) in [6.45, 7) is 0.402. The van der Waals surface area contributed by atoms with Crippen LogP contribution in [-0.2, 0) is 11.3 Å². The Bertz CT molecular complexity index is 1340. The minimum Gasteiger partial charge on any atom is -0.475 e. The van der Waals surface area contributed by atoms with Crippen LogP contribution in [0.15, 0.2) is 67.1 Å². The smallest absolute Gasteiger partial charge is 0.475 e. The zero-order valence-electron chi connectivity index (χ0n) is 19.2. The standard InChI is InChI=1S/C23H23N5O.C2HF3O2/c29-23(25-16-17-7-3-5-12-24-17)19-15-22(27-14-6-4-10-20(19)27)21-11-13-26-28(21)18-8-1-2-9-18;3-2(4,5)1(6)7/h3-7,10-15,18H,1-2,8-9,16H2,(H,25,29);(H,6,7). The molecule has 1 saturated carbocycles. The van der Waals surface area contributed by atoms with Gasteiger partial charge in [0.25, 0.3) is 5.91 Å². The van der Waals surface area contributed by atoms with E-state index < -0.39 is 12.1 Å². The van der Waals surface area contributed by atoms with Crippen LogP contribution in [0.4, 0.5) is 13.2 Å². The van der Waals surface area contributed by atoms with Gasteiger partial charge in [-0.15, -0.1) is 0 Å². The second kappa shape index (κ2) is 10.6. The quantitative estimate of drug-likeness (QED) is 0.408. The highest BCUT2D eigenvalue weighted by atomic mass is 19.4. The summed E-state index contributed by atoms with van der Waals surface area (Å²) < 4.78 is 36.0. The molecule has 0 unspecified atom stereocenters. The van der Waals surface area contributed by atoms with Crippen molar-refractivity contribution in [3.8, 4) is 11.4 Å². The summed E-state index contributed by atoms with van der Waals surface area (Å²) in [5.74, 6) is -2.86. The van der Waals surface area contributed by atoms with E-state index in [-0.39, 0.29) is 5.91 Å². The molecule has 0 spiro atoms. The molecule has 0 aliphatic heterocycles. The summed E-state index contributed by atoms with van der Waals surface area (Å²) in [5, 5.41) is 14.7. The molecule has 5 rings (SSSR count). The number of nitrogens with one attached hydrogen (secondary N) is 1. The number of hydrogen-bond donors (Lipinski definition) is 2. The van der Waals surface area contributed by atoms with Gasteiger partial charge in [0.1, 0.15) is 0 Å². The van der Waals surface area contributed by atoms with Crippen molar-refractivity contribution in [3.05, 3.63) is 78.4 Å². The third-order valence-corrected chi connectivity index (χ3v) is 5.92. The molecular weight excluding hydrogens is 475 g/mol. The number of nitrogens with zero attached hydrogens (tertiary/aromatic N) is 4. The van der Waals surface area contributed by atoms with Gasteiger partial charge < -0.3 is 14.8 Å². The van der Waals surface area contributed by atoms with Gasteiger partial charge in [-0.3, -0.25) is 14.5 Å². The molecule has 1 fully saturated rings. The van der Waals surface area contributed by atoms with E-state index in [0.717, 1.165) is 35.4 Å². The number of carboxylic acids is 1. The number of alkyl halides is 3. The lowest BCUT2D eigenvalue weighted by Crippen LogP contribution is -2.23. The number of aromatic nitrogens is 4. The van der Waals surface area contributed by atoms with Crippen LogP contribution >= 0.6 is 0 Å². The van der Waals surface area contributed by atoms with Crippen LogP contribution in [0.5, 0.6) is 0 Å². The summed E-state index contributed by atoms with van der Waals surface area (Å²) >= 11 is 0. The molecule has 0 aromatic carbocycles. The van der Waals surface area contributed by atoms with Gasteiger partial charge in [-0.25, -0.2) is 4.79 Å². The Labute approximate surface area is 204 Å². The Kier molecular flexibility index (Phi) is 7.37. The second-order valence-corrected chi connectivity index (χ2v) is 8.31. The fourth-order valence-corrected chi connectivity index (χ4v) is 4.26.